The predicted octanol–water partition coefficient (Wildman–Crippen LogP) is 3.92. The van der Waals surface area contributed by atoms with Gasteiger partial charge in [-0.2, -0.15) is 0 Å². The third-order valence-electron chi connectivity index (χ3n) is 3.84. The Morgan fingerprint density at radius 1 is 1.04 bits per heavy atom. The fourth-order valence-corrected chi connectivity index (χ4v) is 2.98. The summed E-state index contributed by atoms with van der Waals surface area (Å²) in [7, 11) is 4.61. The van der Waals surface area contributed by atoms with Crippen LogP contribution in [0.5, 0.6) is 17.2 Å². The van der Waals surface area contributed by atoms with Crippen LogP contribution in [0.4, 0.5) is 0 Å². The van der Waals surface area contributed by atoms with Gasteiger partial charge in [-0.05, 0) is 35.7 Å². The Balaban J connectivity index is 1.98. The van der Waals surface area contributed by atoms with Gasteiger partial charge in [0.2, 0.25) is 11.7 Å². The van der Waals surface area contributed by atoms with Crippen molar-refractivity contribution in [1.29, 1.82) is 0 Å². The minimum absolute atomic E-state index is 0.113. The number of hydrogen-bond acceptors (Lipinski definition) is 4. The second kappa shape index (κ2) is 9.55. The Morgan fingerprint density at radius 3 is 2.27 bits per heavy atom. The van der Waals surface area contributed by atoms with E-state index in [1.54, 1.807) is 18.2 Å². The van der Waals surface area contributed by atoms with E-state index in [2.05, 4.69) is 5.32 Å². The Morgan fingerprint density at radius 2 is 1.69 bits per heavy atom. The monoisotopic (exact) mass is 397 g/mol. The van der Waals surface area contributed by atoms with Crippen LogP contribution in [0.25, 0.3) is 0 Å². The number of benzene rings is 2. The third kappa shape index (κ3) is 4.96. The van der Waals surface area contributed by atoms with Gasteiger partial charge in [0.25, 0.3) is 0 Å². The average Bonchev–Trinajstić information content (AvgIpc) is 2.64. The van der Waals surface area contributed by atoms with Crippen LogP contribution in [-0.2, 0) is 17.6 Å². The SMILES string of the molecule is COc1cc(CC(=O)NCCc2cccc(Cl)c2Cl)cc(OC)c1OC. The first-order chi connectivity index (χ1) is 12.5. The van der Waals surface area contributed by atoms with Gasteiger partial charge in [0.15, 0.2) is 11.5 Å². The van der Waals surface area contributed by atoms with Crippen molar-refractivity contribution in [2.45, 2.75) is 12.8 Å². The average molecular weight is 398 g/mol. The van der Waals surface area contributed by atoms with E-state index in [9.17, 15) is 4.79 Å². The van der Waals surface area contributed by atoms with Crippen molar-refractivity contribution < 1.29 is 19.0 Å². The van der Waals surface area contributed by atoms with Gasteiger partial charge in [-0.3, -0.25) is 4.79 Å². The molecule has 26 heavy (non-hydrogen) atoms. The van der Waals surface area contributed by atoms with Gasteiger partial charge in [-0.1, -0.05) is 35.3 Å². The maximum absolute atomic E-state index is 12.2. The number of carbonyl (C=O) groups excluding carboxylic acids is 1. The van der Waals surface area contributed by atoms with Crippen molar-refractivity contribution in [3.8, 4) is 17.2 Å². The lowest BCUT2D eigenvalue weighted by atomic mass is 10.1. The number of amides is 1. The van der Waals surface area contributed by atoms with Crippen LogP contribution in [-0.4, -0.2) is 33.8 Å². The van der Waals surface area contributed by atoms with Gasteiger partial charge in [0, 0.05) is 6.54 Å². The summed E-state index contributed by atoms with van der Waals surface area (Å²) in [5, 5.41) is 3.90. The van der Waals surface area contributed by atoms with Crippen LogP contribution in [0.3, 0.4) is 0 Å². The second-order valence-corrected chi connectivity index (χ2v) is 6.31. The van der Waals surface area contributed by atoms with Crippen molar-refractivity contribution >= 4 is 29.1 Å². The number of hydrogen-bond donors (Lipinski definition) is 1. The minimum atomic E-state index is -0.113. The number of halogens is 2. The van der Waals surface area contributed by atoms with E-state index < -0.39 is 0 Å². The van der Waals surface area contributed by atoms with E-state index in [4.69, 9.17) is 37.4 Å². The first-order valence-electron chi connectivity index (χ1n) is 7.98. The molecule has 0 radical (unpaired) electrons. The van der Waals surface area contributed by atoms with Gasteiger partial charge in [-0.15, -0.1) is 0 Å². The van der Waals surface area contributed by atoms with E-state index >= 15 is 0 Å². The lowest BCUT2D eigenvalue weighted by Crippen LogP contribution is -2.27. The van der Waals surface area contributed by atoms with Crippen LogP contribution in [0, 0.1) is 0 Å². The summed E-state index contributed by atoms with van der Waals surface area (Å²) < 4.78 is 15.9. The first-order valence-corrected chi connectivity index (χ1v) is 8.74. The molecule has 0 aliphatic rings. The standard InChI is InChI=1S/C19H21Cl2NO4/c1-24-15-9-12(10-16(25-2)19(15)26-3)11-17(23)22-8-7-13-5-4-6-14(20)18(13)21/h4-6,9-10H,7-8,11H2,1-3H3,(H,22,23). The molecule has 0 fully saturated rings. The molecular formula is C19H21Cl2NO4. The van der Waals surface area contributed by atoms with E-state index in [1.165, 1.54) is 21.3 Å². The number of nitrogens with one attached hydrogen (secondary N) is 1. The molecule has 7 heteroatoms. The van der Waals surface area contributed by atoms with Crippen molar-refractivity contribution in [1.82, 2.24) is 5.32 Å². The highest BCUT2D eigenvalue weighted by molar-refractivity contribution is 6.42. The van der Waals surface area contributed by atoms with Crippen LogP contribution < -0.4 is 19.5 Å². The Bertz CT molecular complexity index is 755. The van der Waals surface area contributed by atoms with Gasteiger partial charge in [0.1, 0.15) is 0 Å². The van der Waals surface area contributed by atoms with Gasteiger partial charge < -0.3 is 19.5 Å². The Kier molecular flexibility index (Phi) is 7.42. The molecule has 5 nitrogen and oxygen atoms in total. The number of ether oxygens (including phenoxy) is 3. The van der Waals surface area contributed by atoms with E-state index in [1.807, 2.05) is 12.1 Å². The molecular weight excluding hydrogens is 377 g/mol. The van der Waals surface area contributed by atoms with Crippen molar-refractivity contribution in [2.75, 3.05) is 27.9 Å². The largest absolute Gasteiger partial charge is 0.493 e. The van der Waals surface area contributed by atoms with Crippen LogP contribution >= 0.6 is 23.2 Å². The smallest absolute Gasteiger partial charge is 0.224 e. The van der Waals surface area contributed by atoms with Gasteiger partial charge >= 0.3 is 0 Å². The molecule has 0 spiro atoms. The quantitative estimate of drug-likeness (QED) is 0.733. The summed E-state index contributed by atoms with van der Waals surface area (Å²) in [5.74, 6) is 1.41. The fraction of sp³-hybridized carbons (Fsp3) is 0.316. The maximum atomic E-state index is 12.2. The molecule has 0 saturated carbocycles. The summed E-state index contributed by atoms with van der Waals surface area (Å²) in [4.78, 5) is 12.2. The molecule has 2 aromatic carbocycles. The molecule has 0 aliphatic carbocycles. The third-order valence-corrected chi connectivity index (χ3v) is 4.70. The summed E-state index contributed by atoms with van der Waals surface area (Å²) in [6, 6.07) is 8.97. The van der Waals surface area contributed by atoms with E-state index in [0.717, 1.165) is 11.1 Å². The molecule has 2 aromatic rings. The molecule has 0 saturated heterocycles. The fourth-order valence-electron chi connectivity index (χ4n) is 2.56. The van der Waals surface area contributed by atoms with Crippen molar-refractivity contribution in [3.05, 3.63) is 51.5 Å². The zero-order valence-electron chi connectivity index (χ0n) is 14.9. The molecule has 0 unspecified atom stereocenters. The summed E-state index contributed by atoms with van der Waals surface area (Å²) >= 11 is 12.1. The summed E-state index contributed by atoms with van der Waals surface area (Å²) in [6.45, 7) is 0.462. The topological polar surface area (TPSA) is 56.8 Å². The first kappa shape index (κ1) is 20.2. The molecule has 0 heterocycles. The number of carbonyl (C=O) groups is 1. The maximum Gasteiger partial charge on any atom is 0.224 e. The molecule has 0 bridgehead atoms. The Hall–Kier alpha value is -2.11. The summed E-state index contributed by atoms with van der Waals surface area (Å²) in [5.41, 5.74) is 1.66. The molecule has 0 atom stereocenters. The molecule has 0 aromatic heterocycles. The highest BCUT2D eigenvalue weighted by Gasteiger charge is 2.15. The molecule has 1 N–H and O–H groups in total. The number of methoxy groups -OCH3 is 3. The molecule has 0 aliphatic heterocycles. The van der Waals surface area contributed by atoms with E-state index in [0.29, 0.717) is 40.3 Å². The van der Waals surface area contributed by atoms with Crippen LogP contribution in [0.1, 0.15) is 11.1 Å². The minimum Gasteiger partial charge on any atom is -0.493 e. The van der Waals surface area contributed by atoms with Crippen molar-refractivity contribution in [2.24, 2.45) is 0 Å². The second-order valence-electron chi connectivity index (χ2n) is 5.52. The highest BCUT2D eigenvalue weighted by Crippen LogP contribution is 2.38. The zero-order chi connectivity index (χ0) is 19.1. The summed E-state index contributed by atoms with van der Waals surface area (Å²) in [6.07, 6.45) is 0.792. The van der Waals surface area contributed by atoms with Crippen LogP contribution in [0.15, 0.2) is 30.3 Å². The Labute approximate surface area is 163 Å². The van der Waals surface area contributed by atoms with Crippen molar-refractivity contribution in [3.63, 3.8) is 0 Å². The number of rotatable bonds is 8. The van der Waals surface area contributed by atoms with Gasteiger partial charge in [0.05, 0.1) is 37.8 Å². The molecule has 1 amide bonds. The lowest BCUT2D eigenvalue weighted by molar-refractivity contribution is -0.120. The van der Waals surface area contributed by atoms with Gasteiger partial charge in [-0.25, -0.2) is 0 Å². The molecule has 140 valence electrons. The molecule has 2 rings (SSSR count). The zero-order valence-corrected chi connectivity index (χ0v) is 16.4. The normalized spacial score (nSPS) is 10.3. The lowest BCUT2D eigenvalue weighted by Gasteiger charge is -2.14. The predicted molar refractivity (Wildman–Crippen MR) is 103 cm³/mol. The van der Waals surface area contributed by atoms with Crippen LogP contribution in [0.2, 0.25) is 10.0 Å². The van der Waals surface area contributed by atoms with E-state index in [-0.39, 0.29) is 12.3 Å². The highest BCUT2D eigenvalue weighted by atomic mass is 35.5.